The number of hydrogen-bond acceptors (Lipinski definition) is 2. The van der Waals surface area contributed by atoms with E-state index in [1.165, 1.54) is 19.3 Å². The summed E-state index contributed by atoms with van der Waals surface area (Å²) in [5.74, 6) is 1.77. The minimum atomic E-state index is 0.676. The molecule has 2 unspecified atom stereocenters. The lowest BCUT2D eigenvalue weighted by Crippen LogP contribution is -2.21. The van der Waals surface area contributed by atoms with Gasteiger partial charge < -0.3 is 10.6 Å². The number of fused-ring (bicyclic) bond motifs is 1. The monoisotopic (exact) mass is 236 g/mol. The third-order valence-electron chi connectivity index (χ3n) is 4.10. The van der Waals surface area contributed by atoms with Crippen molar-refractivity contribution < 1.29 is 0 Å². The molecule has 1 saturated carbocycles. The van der Waals surface area contributed by atoms with Gasteiger partial charge in [-0.05, 0) is 36.8 Å². The Morgan fingerprint density at radius 2 is 1.88 bits per heavy atom. The molecule has 86 valence electrons. The van der Waals surface area contributed by atoms with Gasteiger partial charge in [-0.15, -0.1) is 0 Å². The molecule has 1 aliphatic carbocycles. The van der Waals surface area contributed by atoms with Crippen molar-refractivity contribution in [1.82, 2.24) is 0 Å². The van der Waals surface area contributed by atoms with Crippen LogP contribution in [0.25, 0.3) is 0 Å². The molecule has 0 amide bonds. The second-order valence-corrected chi connectivity index (χ2v) is 5.44. The highest BCUT2D eigenvalue weighted by Gasteiger charge is 2.36. The summed E-state index contributed by atoms with van der Waals surface area (Å²) < 4.78 is 0. The molecule has 2 N–H and O–H groups in total. The number of nitrogens with two attached hydrogens (primary N) is 1. The fourth-order valence-corrected chi connectivity index (χ4v) is 3.40. The summed E-state index contributed by atoms with van der Waals surface area (Å²) in [5, 5.41) is 0.676. The molecule has 2 fully saturated rings. The van der Waals surface area contributed by atoms with Crippen LogP contribution in [0.15, 0.2) is 18.2 Å². The van der Waals surface area contributed by atoms with Gasteiger partial charge in [0, 0.05) is 13.1 Å². The number of para-hydroxylation sites is 1. The molecule has 0 radical (unpaired) electrons. The van der Waals surface area contributed by atoms with E-state index in [0.29, 0.717) is 5.02 Å². The highest BCUT2D eigenvalue weighted by molar-refractivity contribution is 6.33. The van der Waals surface area contributed by atoms with Crippen LogP contribution in [0.5, 0.6) is 0 Å². The molecule has 3 heteroatoms. The molecule has 0 aromatic heterocycles. The van der Waals surface area contributed by atoms with Crippen LogP contribution in [-0.2, 0) is 0 Å². The van der Waals surface area contributed by atoms with Gasteiger partial charge in [0.15, 0.2) is 0 Å². The van der Waals surface area contributed by atoms with Gasteiger partial charge >= 0.3 is 0 Å². The predicted molar refractivity (Wildman–Crippen MR) is 68.9 cm³/mol. The molecule has 2 atom stereocenters. The Morgan fingerprint density at radius 1 is 1.19 bits per heavy atom. The number of hydrogen-bond donors (Lipinski definition) is 1. The molecule has 1 aliphatic heterocycles. The summed E-state index contributed by atoms with van der Waals surface area (Å²) >= 11 is 6.06. The summed E-state index contributed by atoms with van der Waals surface area (Å²) in [7, 11) is 0. The Balaban J connectivity index is 1.86. The minimum absolute atomic E-state index is 0.676. The quantitative estimate of drug-likeness (QED) is 0.759. The molecule has 3 rings (SSSR count). The lowest BCUT2D eigenvalue weighted by atomic mass is 10.0. The van der Waals surface area contributed by atoms with Gasteiger partial charge in [0.1, 0.15) is 0 Å². The van der Waals surface area contributed by atoms with Crippen LogP contribution in [0.4, 0.5) is 11.4 Å². The normalized spacial score (nSPS) is 28.4. The Hall–Kier alpha value is -0.890. The van der Waals surface area contributed by atoms with Crippen molar-refractivity contribution in [2.75, 3.05) is 23.7 Å². The maximum Gasteiger partial charge on any atom is 0.0741 e. The molecule has 2 nitrogen and oxygen atoms in total. The molecule has 0 spiro atoms. The van der Waals surface area contributed by atoms with Crippen LogP contribution in [-0.4, -0.2) is 13.1 Å². The van der Waals surface area contributed by atoms with Crippen LogP contribution in [0.1, 0.15) is 19.3 Å². The summed E-state index contributed by atoms with van der Waals surface area (Å²) in [4.78, 5) is 2.41. The number of nitrogens with zero attached hydrogens (tertiary/aromatic N) is 1. The van der Waals surface area contributed by atoms with E-state index in [9.17, 15) is 0 Å². The van der Waals surface area contributed by atoms with E-state index < -0.39 is 0 Å². The Labute approximate surface area is 101 Å². The van der Waals surface area contributed by atoms with Crippen LogP contribution in [0, 0.1) is 11.8 Å². The SMILES string of the molecule is Nc1c(Cl)cccc1N1CC2CCCC2C1. The van der Waals surface area contributed by atoms with Crippen LogP contribution >= 0.6 is 11.6 Å². The smallest absolute Gasteiger partial charge is 0.0741 e. The molecule has 1 aromatic rings. The summed E-state index contributed by atoms with van der Waals surface area (Å²) in [6.07, 6.45) is 4.19. The minimum Gasteiger partial charge on any atom is -0.396 e. The molecule has 2 aliphatic rings. The average molecular weight is 237 g/mol. The van der Waals surface area contributed by atoms with Gasteiger partial charge in [0.25, 0.3) is 0 Å². The topological polar surface area (TPSA) is 29.3 Å². The number of nitrogen functional groups attached to an aromatic ring is 1. The van der Waals surface area contributed by atoms with Crippen LogP contribution < -0.4 is 10.6 Å². The molecule has 1 saturated heterocycles. The van der Waals surface area contributed by atoms with Crippen LogP contribution in [0.3, 0.4) is 0 Å². The third-order valence-corrected chi connectivity index (χ3v) is 4.43. The van der Waals surface area contributed by atoms with E-state index in [0.717, 1.165) is 36.3 Å². The molecular weight excluding hydrogens is 220 g/mol. The zero-order valence-corrected chi connectivity index (χ0v) is 10.1. The number of rotatable bonds is 1. The maximum absolute atomic E-state index is 6.06. The highest BCUT2D eigenvalue weighted by atomic mass is 35.5. The molecule has 1 heterocycles. The van der Waals surface area contributed by atoms with Crippen molar-refractivity contribution >= 4 is 23.0 Å². The largest absolute Gasteiger partial charge is 0.396 e. The van der Waals surface area contributed by atoms with Gasteiger partial charge in [-0.25, -0.2) is 0 Å². The van der Waals surface area contributed by atoms with E-state index in [1.54, 1.807) is 0 Å². The fourth-order valence-electron chi connectivity index (χ4n) is 3.23. The Morgan fingerprint density at radius 3 is 2.56 bits per heavy atom. The Bertz CT molecular complexity index is 393. The Kier molecular flexibility index (Phi) is 2.47. The van der Waals surface area contributed by atoms with E-state index in [1.807, 2.05) is 12.1 Å². The average Bonchev–Trinajstić information content (AvgIpc) is 2.81. The van der Waals surface area contributed by atoms with Crippen molar-refractivity contribution in [3.8, 4) is 0 Å². The van der Waals surface area contributed by atoms with Crippen molar-refractivity contribution in [3.05, 3.63) is 23.2 Å². The second kappa shape index (κ2) is 3.85. The fraction of sp³-hybridized carbons (Fsp3) is 0.538. The van der Waals surface area contributed by atoms with E-state index >= 15 is 0 Å². The first-order chi connectivity index (χ1) is 7.75. The van der Waals surface area contributed by atoms with Crippen molar-refractivity contribution in [2.24, 2.45) is 11.8 Å². The third kappa shape index (κ3) is 1.56. The zero-order chi connectivity index (χ0) is 11.1. The van der Waals surface area contributed by atoms with Crippen molar-refractivity contribution in [1.29, 1.82) is 0 Å². The predicted octanol–water partition coefficient (Wildman–Crippen LogP) is 3.16. The first-order valence-electron chi connectivity index (χ1n) is 6.04. The summed E-state index contributed by atoms with van der Waals surface area (Å²) in [6, 6.07) is 5.93. The zero-order valence-electron chi connectivity index (χ0n) is 9.32. The number of benzene rings is 1. The molecule has 1 aromatic carbocycles. The van der Waals surface area contributed by atoms with Crippen molar-refractivity contribution in [3.63, 3.8) is 0 Å². The van der Waals surface area contributed by atoms with Crippen LogP contribution in [0.2, 0.25) is 5.02 Å². The van der Waals surface area contributed by atoms with E-state index in [-0.39, 0.29) is 0 Å². The first-order valence-corrected chi connectivity index (χ1v) is 6.42. The number of halogens is 1. The summed E-state index contributed by atoms with van der Waals surface area (Å²) in [5.41, 5.74) is 7.91. The van der Waals surface area contributed by atoms with Gasteiger partial charge in [-0.2, -0.15) is 0 Å². The maximum atomic E-state index is 6.06. The lowest BCUT2D eigenvalue weighted by molar-refractivity contribution is 0.494. The standard InChI is InChI=1S/C13H17ClN2/c14-11-5-2-6-12(13(11)15)16-7-9-3-1-4-10(9)8-16/h2,5-6,9-10H,1,3-4,7-8,15H2. The van der Waals surface area contributed by atoms with Gasteiger partial charge in [0.2, 0.25) is 0 Å². The second-order valence-electron chi connectivity index (χ2n) is 5.03. The van der Waals surface area contributed by atoms with E-state index in [2.05, 4.69) is 11.0 Å². The van der Waals surface area contributed by atoms with E-state index in [4.69, 9.17) is 17.3 Å². The number of anilines is 2. The molecule has 0 bridgehead atoms. The summed E-state index contributed by atoms with van der Waals surface area (Å²) in [6.45, 7) is 2.32. The lowest BCUT2D eigenvalue weighted by Gasteiger charge is -2.21. The van der Waals surface area contributed by atoms with Gasteiger partial charge in [-0.3, -0.25) is 0 Å². The first kappa shape index (κ1) is 10.3. The van der Waals surface area contributed by atoms with Gasteiger partial charge in [0.05, 0.1) is 16.4 Å². The molecular formula is C13H17ClN2. The van der Waals surface area contributed by atoms with Gasteiger partial charge in [-0.1, -0.05) is 24.1 Å². The highest BCUT2D eigenvalue weighted by Crippen LogP contribution is 2.41. The molecule has 16 heavy (non-hydrogen) atoms. The van der Waals surface area contributed by atoms with Crippen molar-refractivity contribution in [2.45, 2.75) is 19.3 Å².